The van der Waals surface area contributed by atoms with E-state index < -0.39 is 11.4 Å². The predicted molar refractivity (Wildman–Crippen MR) is 93.1 cm³/mol. The van der Waals surface area contributed by atoms with Crippen LogP contribution in [0.15, 0.2) is 54.6 Å². The van der Waals surface area contributed by atoms with E-state index in [1.807, 2.05) is 0 Å². The molecule has 0 aliphatic carbocycles. The number of carboxylic acids is 1. The first-order chi connectivity index (χ1) is 11.9. The van der Waals surface area contributed by atoms with Crippen molar-refractivity contribution in [3.63, 3.8) is 0 Å². The number of pyridine rings is 1. The molecule has 2 aromatic rings. The molecule has 1 aromatic carbocycles. The van der Waals surface area contributed by atoms with Crippen LogP contribution in [0, 0.1) is 5.41 Å². The lowest BCUT2D eigenvalue weighted by atomic mass is 9.92. The van der Waals surface area contributed by atoms with E-state index in [9.17, 15) is 14.7 Å². The molecule has 128 valence electrons. The second-order valence-corrected chi connectivity index (χ2v) is 6.44. The molecular formula is C19H18N2O4. The van der Waals surface area contributed by atoms with E-state index in [1.54, 1.807) is 68.7 Å². The number of amides is 1. The number of rotatable bonds is 4. The molecule has 6 nitrogen and oxygen atoms in total. The Hall–Kier alpha value is -3.15. The molecule has 1 aliphatic rings. The molecule has 0 spiro atoms. The van der Waals surface area contributed by atoms with E-state index in [4.69, 9.17) is 4.74 Å². The molecule has 0 fully saturated rings. The quantitative estimate of drug-likeness (QED) is 0.867. The van der Waals surface area contributed by atoms with Gasteiger partial charge in [-0.05, 0) is 49.8 Å². The van der Waals surface area contributed by atoms with E-state index in [2.05, 4.69) is 4.98 Å². The summed E-state index contributed by atoms with van der Waals surface area (Å²) >= 11 is 0. The first-order valence-corrected chi connectivity index (χ1v) is 7.82. The molecular weight excluding hydrogens is 320 g/mol. The Labute approximate surface area is 145 Å². The molecule has 6 heteroatoms. The van der Waals surface area contributed by atoms with E-state index >= 15 is 0 Å². The van der Waals surface area contributed by atoms with Crippen LogP contribution in [0.2, 0.25) is 0 Å². The highest BCUT2D eigenvalue weighted by molar-refractivity contribution is 6.10. The van der Waals surface area contributed by atoms with Crippen LogP contribution in [-0.2, 0) is 9.59 Å². The zero-order valence-electron chi connectivity index (χ0n) is 14.0. The molecule has 0 radical (unpaired) electrons. The number of para-hydroxylation sites is 2. The fourth-order valence-corrected chi connectivity index (χ4v) is 2.49. The first-order valence-electron chi connectivity index (χ1n) is 7.82. The zero-order valence-corrected chi connectivity index (χ0v) is 14.0. The maximum absolute atomic E-state index is 12.9. The highest BCUT2D eigenvalue weighted by Gasteiger charge is 2.37. The van der Waals surface area contributed by atoms with Crippen LogP contribution in [0.25, 0.3) is 6.08 Å². The van der Waals surface area contributed by atoms with Gasteiger partial charge in [-0.2, -0.15) is 0 Å². The number of aliphatic carboxylic acids is 1. The van der Waals surface area contributed by atoms with Crippen molar-refractivity contribution in [2.75, 3.05) is 11.4 Å². The van der Waals surface area contributed by atoms with Gasteiger partial charge in [0.1, 0.15) is 0 Å². The largest absolute Gasteiger partial charge is 0.481 e. The number of ether oxygens (including phenoxy) is 1. The lowest BCUT2D eigenvalue weighted by Crippen LogP contribution is -2.45. The second-order valence-electron chi connectivity index (χ2n) is 6.44. The Morgan fingerprint density at radius 2 is 1.92 bits per heavy atom. The van der Waals surface area contributed by atoms with Gasteiger partial charge in [-0.1, -0.05) is 12.1 Å². The standard InChI is InChI=1S/C19H18N2O4/c1-19(2,18(23)24)12-21-14-5-3-4-6-15(14)25-16(17(21)22)11-13-7-9-20-10-8-13/h3-11H,12H2,1-2H3,(H,23,24)/b16-11+. The molecule has 0 saturated carbocycles. The van der Waals surface area contributed by atoms with Crippen molar-refractivity contribution >= 4 is 23.6 Å². The first kappa shape index (κ1) is 16.7. The highest BCUT2D eigenvalue weighted by atomic mass is 16.5. The summed E-state index contributed by atoms with van der Waals surface area (Å²) in [6, 6.07) is 10.6. The second kappa shape index (κ2) is 6.39. The number of fused-ring (bicyclic) bond motifs is 1. The maximum Gasteiger partial charge on any atom is 0.310 e. The summed E-state index contributed by atoms with van der Waals surface area (Å²) in [7, 11) is 0. The van der Waals surface area contributed by atoms with Gasteiger partial charge in [-0.25, -0.2) is 0 Å². The Bertz CT molecular complexity index is 844. The van der Waals surface area contributed by atoms with Crippen LogP contribution in [0.3, 0.4) is 0 Å². The van der Waals surface area contributed by atoms with Crippen molar-refractivity contribution < 1.29 is 19.4 Å². The van der Waals surface area contributed by atoms with Crippen molar-refractivity contribution in [3.8, 4) is 5.75 Å². The Kier molecular flexibility index (Phi) is 4.27. The van der Waals surface area contributed by atoms with Gasteiger partial charge in [0.2, 0.25) is 0 Å². The number of carboxylic acid groups (broad SMARTS) is 1. The average Bonchev–Trinajstić information content (AvgIpc) is 2.59. The topological polar surface area (TPSA) is 79.7 Å². The van der Waals surface area contributed by atoms with Crippen LogP contribution in [0.1, 0.15) is 19.4 Å². The van der Waals surface area contributed by atoms with Crippen LogP contribution >= 0.6 is 0 Å². The van der Waals surface area contributed by atoms with Gasteiger partial charge < -0.3 is 14.7 Å². The van der Waals surface area contributed by atoms with Crippen LogP contribution in [-0.4, -0.2) is 28.5 Å². The molecule has 0 bridgehead atoms. The SMILES string of the molecule is CC(C)(CN1C(=O)/C(=C\c2ccncc2)Oc2ccccc21)C(=O)O. The van der Waals surface area contributed by atoms with Crippen molar-refractivity contribution in [3.05, 3.63) is 60.1 Å². The lowest BCUT2D eigenvalue weighted by Gasteiger charge is -2.34. The third-order valence-electron chi connectivity index (χ3n) is 3.97. The molecule has 1 aliphatic heterocycles. The Balaban J connectivity index is 2.03. The van der Waals surface area contributed by atoms with Gasteiger partial charge >= 0.3 is 5.97 Å². The Morgan fingerprint density at radius 1 is 1.24 bits per heavy atom. The summed E-state index contributed by atoms with van der Waals surface area (Å²) in [5, 5.41) is 9.42. The normalized spacial score (nSPS) is 15.7. The van der Waals surface area contributed by atoms with Crippen LogP contribution < -0.4 is 9.64 Å². The number of benzene rings is 1. The van der Waals surface area contributed by atoms with E-state index in [-0.39, 0.29) is 18.2 Å². The molecule has 0 unspecified atom stereocenters. The van der Waals surface area contributed by atoms with E-state index in [0.717, 1.165) is 5.56 Å². The molecule has 0 saturated heterocycles. The van der Waals surface area contributed by atoms with Crippen LogP contribution in [0.5, 0.6) is 5.75 Å². The summed E-state index contributed by atoms with van der Waals surface area (Å²) in [6.45, 7) is 3.22. The number of anilines is 1. The number of hydrogen-bond acceptors (Lipinski definition) is 4. The predicted octanol–water partition coefficient (Wildman–Crippen LogP) is 2.96. The molecule has 0 atom stereocenters. The Morgan fingerprint density at radius 3 is 2.60 bits per heavy atom. The molecule has 25 heavy (non-hydrogen) atoms. The van der Waals surface area contributed by atoms with Gasteiger partial charge in [0.15, 0.2) is 11.5 Å². The number of aromatic nitrogens is 1. The zero-order chi connectivity index (χ0) is 18.0. The van der Waals surface area contributed by atoms with Crippen LogP contribution in [0.4, 0.5) is 5.69 Å². The molecule has 3 rings (SSSR count). The van der Waals surface area contributed by atoms with E-state index in [1.165, 1.54) is 4.90 Å². The minimum atomic E-state index is -1.10. The number of carbonyl (C=O) groups excluding carboxylic acids is 1. The van der Waals surface area contributed by atoms with E-state index in [0.29, 0.717) is 11.4 Å². The fraction of sp³-hybridized carbons (Fsp3) is 0.211. The van der Waals surface area contributed by atoms with Gasteiger partial charge in [0, 0.05) is 18.9 Å². The minimum absolute atomic E-state index is 0.0369. The highest BCUT2D eigenvalue weighted by Crippen LogP contribution is 2.37. The average molecular weight is 338 g/mol. The monoisotopic (exact) mass is 338 g/mol. The molecule has 1 amide bonds. The smallest absolute Gasteiger partial charge is 0.310 e. The molecule has 1 aromatic heterocycles. The maximum atomic E-state index is 12.9. The summed E-state index contributed by atoms with van der Waals surface area (Å²) in [5.74, 6) is -0.677. The van der Waals surface area contributed by atoms with Gasteiger partial charge in [-0.15, -0.1) is 0 Å². The van der Waals surface area contributed by atoms with Crippen molar-refractivity contribution in [2.24, 2.45) is 5.41 Å². The van der Waals surface area contributed by atoms with Crippen molar-refractivity contribution in [1.82, 2.24) is 4.98 Å². The summed E-state index contributed by atoms with van der Waals surface area (Å²) < 4.78 is 5.76. The summed E-state index contributed by atoms with van der Waals surface area (Å²) in [6.07, 6.45) is 4.87. The number of carbonyl (C=O) groups is 2. The van der Waals surface area contributed by atoms with Gasteiger partial charge in [0.25, 0.3) is 5.91 Å². The van der Waals surface area contributed by atoms with Gasteiger partial charge in [0.05, 0.1) is 11.1 Å². The minimum Gasteiger partial charge on any atom is -0.481 e. The molecule has 2 heterocycles. The van der Waals surface area contributed by atoms with Gasteiger partial charge in [-0.3, -0.25) is 14.6 Å². The summed E-state index contributed by atoms with van der Waals surface area (Å²) in [5.41, 5.74) is 0.242. The third kappa shape index (κ3) is 3.38. The lowest BCUT2D eigenvalue weighted by molar-refractivity contribution is -0.146. The number of nitrogens with zero attached hydrogens (tertiary/aromatic N) is 2. The number of hydrogen-bond donors (Lipinski definition) is 1. The van der Waals surface area contributed by atoms with Crippen molar-refractivity contribution in [2.45, 2.75) is 13.8 Å². The summed E-state index contributed by atoms with van der Waals surface area (Å²) in [4.78, 5) is 29.8. The molecule has 1 N–H and O–H groups in total. The fourth-order valence-electron chi connectivity index (χ4n) is 2.49. The van der Waals surface area contributed by atoms with Crippen molar-refractivity contribution in [1.29, 1.82) is 0 Å². The third-order valence-corrected chi connectivity index (χ3v) is 3.97.